The third-order valence-electron chi connectivity index (χ3n) is 8.13. The number of rotatable bonds is 7. The SMILES string of the molecule is Cc1cc(N2CC[C@](C)(c3ccccc3)C2)cc(=O)n1CCNC(=O)NC1CN(c2ncc[n+]3c[nH]cc23)C1. The number of imidazole rings is 1. The number of nitrogens with zero attached hydrogens (tertiary/aromatic N) is 5. The van der Waals surface area contributed by atoms with Crippen molar-refractivity contribution in [3.8, 4) is 0 Å². The zero-order chi connectivity index (χ0) is 27.0. The molecule has 0 bridgehead atoms. The van der Waals surface area contributed by atoms with Crippen LogP contribution in [-0.2, 0) is 12.0 Å². The topological polar surface area (TPSA) is 102 Å². The Bertz CT molecular complexity index is 1540. The molecular weight excluding hydrogens is 492 g/mol. The van der Waals surface area contributed by atoms with E-state index >= 15 is 0 Å². The molecule has 2 aliphatic heterocycles. The van der Waals surface area contributed by atoms with Crippen LogP contribution in [0.2, 0.25) is 0 Å². The zero-order valence-electron chi connectivity index (χ0n) is 22.4. The largest absolute Gasteiger partial charge is 0.370 e. The van der Waals surface area contributed by atoms with E-state index in [9.17, 15) is 9.59 Å². The first-order chi connectivity index (χ1) is 18.9. The number of benzene rings is 1. The minimum atomic E-state index is -0.221. The molecule has 0 unspecified atom stereocenters. The van der Waals surface area contributed by atoms with E-state index in [1.807, 2.05) is 36.1 Å². The molecule has 10 nitrogen and oxygen atoms in total. The summed E-state index contributed by atoms with van der Waals surface area (Å²) < 4.78 is 3.71. The van der Waals surface area contributed by atoms with E-state index in [0.29, 0.717) is 26.2 Å². The summed E-state index contributed by atoms with van der Waals surface area (Å²) in [5.41, 5.74) is 4.24. The van der Waals surface area contributed by atoms with Gasteiger partial charge in [-0.1, -0.05) is 37.3 Å². The van der Waals surface area contributed by atoms with Crippen LogP contribution >= 0.6 is 0 Å². The van der Waals surface area contributed by atoms with Crippen molar-refractivity contribution in [1.29, 1.82) is 0 Å². The van der Waals surface area contributed by atoms with Crippen LogP contribution in [0.25, 0.3) is 5.52 Å². The van der Waals surface area contributed by atoms with Crippen LogP contribution in [0, 0.1) is 6.92 Å². The van der Waals surface area contributed by atoms with Crippen molar-refractivity contribution in [1.82, 2.24) is 25.2 Å². The van der Waals surface area contributed by atoms with E-state index < -0.39 is 0 Å². The average Bonchev–Trinajstić information content (AvgIpc) is 3.56. The zero-order valence-corrected chi connectivity index (χ0v) is 22.4. The lowest BCUT2D eigenvalue weighted by Crippen LogP contribution is -2.61. The summed E-state index contributed by atoms with van der Waals surface area (Å²) in [5, 5.41) is 5.91. The molecule has 0 aliphatic carbocycles. The van der Waals surface area contributed by atoms with Crippen LogP contribution in [0.5, 0.6) is 0 Å². The lowest BCUT2D eigenvalue weighted by molar-refractivity contribution is -0.511. The van der Waals surface area contributed by atoms with Gasteiger partial charge in [-0.15, -0.1) is 0 Å². The highest BCUT2D eigenvalue weighted by atomic mass is 16.2. The van der Waals surface area contributed by atoms with Gasteiger partial charge >= 0.3 is 6.03 Å². The lowest BCUT2D eigenvalue weighted by atomic mass is 9.82. The summed E-state index contributed by atoms with van der Waals surface area (Å²) in [6.07, 6.45) is 8.51. The van der Waals surface area contributed by atoms with Gasteiger partial charge in [0.15, 0.2) is 5.82 Å². The second kappa shape index (κ2) is 10.1. The van der Waals surface area contributed by atoms with Gasteiger partial charge < -0.3 is 25.0 Å². The van der Waals surface area contributed by atoms with E-state index in [1.54, 1.807) is 16.8 Å². The second-order valence-corrected chi connectivity index (χ2v) is 10.9. The van der Waals surface area contributed by atoms with Crippen molar-refractivity contribution in [2.45, 2.75) is 38.3 Å². The van der Waals surface area contributed by atoms with Crippen LogP contribution in [0.3, 0.4) is 0 Å². The Balaban J connectivity index is 0.994. The number of hydrogen-bond donors (Lipinski definition) is 3. The summed E-state index contributed by atoms with van der Waals surface area (Å²) in [5.74, 6) is 0.897. The molecule has 1 aromatic carbocycles. The van der Waals surface area contributed by atoms with Crippen LogP contribution in [0.1, 0.15) is 24.6 Å². The molecule has 2 fully saturated rings. The van der Waals surface area contributed by atoms with Crippen molar-refractivity contribution in [3.63, 3.8) is 0 Å². The third-order valence-corrected chi connectivity index (χ3v) is 8.13. The number of hydrogen-bond acceptors (Lipinski definition) is 5. The number of pyridine rings is 1. The number of amides is 2. The number of anilines is 2. The highest BCUT2D eigenvalue weighted by molar-refractivity contribution is 5.75. The maximum Gasteiger partial charge on any atom is 0.315 e. The van der Waals surface area contributed by atoms with E-state index in [2.05, 4.69) is 67.7 Å². The molecule has 3 aromatic heterocycles. The van der Waals surface area contributed by atoms with Crippen molar-refractivity contribution in [2.75, 3.05) is 42.5 Å². The third kappa shape index (κ3) is 4.94. The van der Waals surface area contributed by atoms with E-state index in [0.717, 1.165) is 42.2 Å². The molecule has 10 heteroatoms. The van der Waals surface area contributed by atoms with Gasteiger partial charge in [0.1, 0.15) is 12.4 Å². The van der Waals surface area contributed by atoms with E-state index in [-0.39, 0.29) is 23.0 Å². The molecule has 3 N–H and O–H groups in total. The summed E-state index contributed by atoms with van der Waals surface area (Å²) in [6.45, 7) is 8.26. The van der Waals surface area contributed by atoms with Crippen molar-refractivity contribution in [3.05, 3.63) is 89.0 Å². The van der Waals surface area contributed by atoms with Gasteiger partial charge in [-0.25, -0.2) is 14.8 Å². The molecule has 6 rings (SSSR count). The van der Waals surface area contributed by atoms with Gasteiger partial charge in [-0.2, -0.15) is 4.40 Å². The first kappa shape index (κ1) is 25.0. The quantitative estimate of drug-likeness (QED) is 0.319. The summed E-state index contributed by atoms with van der Waals surface area (Å²) in [6, 6.07) is 14.2. The fraction of sp³-hybridized carbons (Fsp3) is 0.379. The number of fused-ring (bicyclic) bond motifs is 1. The van der Waals surface area contributed by atoms with Crippen molar-refractivity contribution in [2.24, 2.45) is 0 Å². The smallest absolute Gasteiger partial charge is 0.315 e. The minimum absolute atomic E-state index is 0.0422. The fourth-order valence-electron chi connectivity index (χ4n) is 5.83. The molecule has 202 valence electrons. The summed E-state index contributed by atoms with van der Waals surface area (Å²) >= 11 is 0. The van der Waals surface area contributed by atoms with Gasteiger partial charge in [-0.3, -0.25) is 4.79 Å². The molecule has 2 saturated heterocycles. The second-order valence-electron chi connectivity index (χ2n) is 10.9. The Morgan fingerprint density at radius 3 is 2.82 bits per heavy atom. The Kier molecular flexibility index (Phi) is 6.46. The van der Waals surface area contributed by atoms with Gasteiger partial charge in [-0.05, 0) is 25.0 Å². The van der Waals surface area contributed by atoms with Gasteiger partial charge in [0.2, 0.25) is 11.8 Å². The molecule has 39 heavy (non-hydrogen) atoms. The number of aryl methyl sites for hydroxylation is 1. The van der Waals surface area contributed by atoms with E-state index in [4.69, 9.17) is 0 Å². The number of nitrogens with one attached hydrogen (secondary N) is 3. The molecule has 4 aromatic rings. The average molecular weight is 528 g/mol. The van der Waals surface area contributed by atoms with Crippen LogP contribution in [0.4, 0.5) is 16.3 Å². The molecular formula is C29H35N8O2+. The van der Waals surface area contributed by atoms with Crippen molar-refractivity contribution >= 4 is 23.1 Å². The normalized spacial score (nSPS) is 19.3. The number of aromatic nitrogens is 4. The number of H-pyrrole nitrogens is 1. The molecule has 0 spiro atoms. The highest BCUT2D eigenvalue weighted by Crippen LogP contribution is 2.36. The van der Waals surface area contributed by atoms with Crippen molar-refractivity contribution < 1.29 is 9.20 Å². The van der Waals surface area contributed by atoms with Gasteiger partial charge in [0.05, 0.1) is 12.2 Å². The summed E-state index contributed by atoms with van der Waals surface area (Å²) in [7, 11) is 0. The number of carbonyl (C=O) groups excluding carboxylic acids is 1. The van der Waals surface area contributed by atoms with E-state index in [1.165, 1.54) is 5.56 Å². The monoisotopic (exact) mass is 527 g/mol. The molecule has 1 atom stereocenters. The maximum atomic E-state index is 13.0. The van der Waals surface area contributed by atoms with Crippen LogP contribution < -0.4 is 30.4 Å². The number of aromatic amines is 1. The Labute approximate surface area is 227 Å². The fourth-order valence-corrected chi connectivity index (χ4v) is 5.83. The predicted octanol–water partition coefficient (Wildman–Crippen LogP) is 1.97. The number of urea groups is 1. The predicted molar refractivity (Wildman–Crippen MR) is 150 cm³/mol. The molecule has 0 saturated carbocycles. The first-order valence-electron chi connectivity index (χ1n) is 13.5. The van der Waals surface area contributed by atoms with Gasteiger partial charge in [0, 0.05) is 62.1 Å². The van der Waals surface area contributed by atoms with Gasteiger partial charge in [0.25, 0.3) is 5.56 Å². The molecule has 2 amide bonds. The van der Waals surface area contributed by atoms with Crippen LogP contribution in [-0.4, -0.2) is 59.3 Å². The molecule has 5 heterocycles. The summed E-state index contributed by atoms with van der Waals surface area (Å²) in [4.78, 5) is 37.5. The molecule has 2 aliphatic rings. The number of carbonyl (C=O) groups is 1. The minimum Gasteiger partial charge on any atom is -0.370 e. The lowest BCUT2D eigenvalue weighted by Gasteiger charge is -2.39. The highest BCUT2D eigenvalue weighted by Gasteiger charge is 2.35. The first-order valence-corrected chi connectivity index (χ1v) is 13.5. The standard InChI is InChI=1S/C29H34N8O2/c1-21-14-24(34-11-8-29(2,19-34)22-6-4-3-5-7-22)15-26(38)37(21)13-10-32-28(39)33-23-17-36(18-23)27-25-16-30-20-35(25)12-9-31-27/h3-7,9,12,14-16,20,23H,8,10-11,13,17-19H2,1-2H3,(H2,32,33,39)/p+1/t29-/m0/s1. The maximum absolute atomic E-state index is 13.0. The molecule has 0 radical (unpaired) electrons. The Morgan fingerprint density at radius 2 is 2.03 bits per heavy atom. The Hall–Kier alpha value is -4.34. The van der Waals surface area contributed by atoms with Crippen LogP contribution in [0.15, 0.2) is 72.2 Å². The Morgan fingerprint density at radius 1 is 1.21 bits per heavy atom.